The minimum Gasteiger partial charge on any atom is -0.326 e. The number of rotatable bonds is 5. The summed E-state index contributed by atoms with van der Waals surface area (Å²) in [5, 5.41) is 0. The summed E-state index contributed by atoms with van der Waals surface area (Å²) in [6.07, 6.45) is 3.72. The summed E-state index contributed by atoms with van der Waals surface area (Å²) >= 11 is 0. The van der Waals surface area contributed by atoms with Gasteiger partial charge < -0.3 is 10.6 Å². The van der Waals surface area contributed by atoms with Crippen LogP contribution in [0.1, 0.15) is 47.0 Å². The molecule has 0 aliphatic carbocycles. The molecule has 0 bridgehead atoms. The van der Waals surface area contributed by atoms with Crippen LogP contribution in [0.15, 0.2) is 0 Å². The Labute approximate surface area is 114 Å². The van der Waals surface area contributed by atoms with Crippen LogP contribution in [0.3, 0.4) is 0 Å². The molecule has 0 aromatic carbocycles. The quantitative estimate of drug-likeness (QED) is 0.817. The van der Waals surface area contributed by atoms with Gasteiger partial charge in [-0.15, -0.1) is 0 Å². The Morgan fingerprint density at radius 2 is 2.00 bits per heavy atom. The van der Waals surface area contributed by atoms with E-state index < -0.39 is 0 Å². The SMILES string of the molecule is CCC(N)C(N(C)CC1CCCN1C)C(C)(C)C. The van der Waals surface area contributed by atoms with Gasteiger partial charge in [0, 0.05) is 24.7 Å². The molecular weight excluding hydrogens is 222 g/mol. The highest BCUT2D eigenvalue weighted by molar-refractivity contribution is 4.91. The number of nitrogens with zero attached hydrogens (tertiary/aromatic N) is 2. The molecule has 0 aromatic heterocycles. The van der Waals surface area contributed by atoms with Crippen molar-refractivity contribution in [2.45, 2.75) is 65.1 Å². The van der Waals surface area contributed by atoms with E-state index in [0.29, 0.717) is 12.1 Å². The van der Waals surface area contributed by atoms with Gasteiger partial charge in [-0.1, -0.05) is 27.7 Å². The van der Waals surface area contributed by atoms with Crippen molar-refractivity contribution in [3.63, 3.8) is 0 Å². The van der Waals surface area contributed by atoms with Gasteiger partial charge in [0.05, 0.1) is 0 Å². The first kappa shape index (κ1) is 15.9. The van der Waals surface area contributed by atoms with Gasteiger partial charge >= 0.3 is 0 Å². The Morgan fingerprint density at radius 3 is 2.39 bits per heavy atom. The van der Waals surface area contributed by atoms with Crippen molar-refractivity contribution in [3.05, 3.63) is 0 Å². The molecular formula is C15H33N3. The molecule has 0 saturated carbocycles. The van der Waals surface area contributed by atoms with Crippen molar-refractivity contribution in [2.24, 2.45) is 11.1 Å². The van der Waals surface area contributed by atoms with Crippen LogP contribution < -0.4 is 5.73 Å². The van der Waals surface area contributed by atoms with Crippen LogP contribution >= 0.6 is 0 Å². The molecule has 0 aromatic rings. The summed E-state index contributed by atoms with van der Waals surface area (Å²) in [7, 11) is 4.49. The molecule has 1 fully saturated rings. The summed E-state index contributed by atoms with van der Waals surface area (Å²) in [4.78, 5) is 4.99. The van der Waals surface area contributed by atoms with E-state index in [9.17, 15) is 0 Å². The Kier molecular flexibility index (Phi) is 5.63. The van der Waals surface area contributed by atoms with Gasteiger partial charge in [-0.05, 0) is 45.3 Å². The van der Waals surface area contributed by atoms with E-state index >= 15 is 0 Å². The summed E-state index contributed by atoms with van der Waals surface area (Å²) < 4.78 is 0. The predicted molar refractivity (Wildman–Crippen MR) is 79.8 cm³/mol. The smallest absolute Gasteiger partial charge is 0.0293 e. The molecule has 1 aliphatic heterocycles. The van der Waals surface area contributed by atoms with E-state index in [1.54, 1.807) is 0 Å². The zero-order chi connectivity index (χ0) is 13.9. The minimum atomic E-state index is 0.237. The first-order chi connectivity index (χ1) is 8.27. The topological polar surface area (TPSA) is 32.5 Å². The molecule has 3 atom stereocenters. The van der Waals surface area contributed by atoms with E-state index in [4.69, 9.17) is 5.73 Å². The number of likely N-dealkylation sites (N-methyl/N-ethyl adjacent to an activating group) is 2. The number of hydrogen-bond donors (Lipinski definition) is 1. The Balaban J connectivity index is 2.67. The fourth-order valence-corrected chi connectivity index (χ4v) is 3.51. The van der Waals surface area contributed by atoms with Gasteiger partial charge in [-0.2, -0.15) is 0 Å². The second kappa shape index (κ2) is 6.36. The van der Waals surface area contributed by atoms with Crippen LogP contribution in [-0.4, -0.2) is 55.1 Å². The highest BCUT2D eigenvalue weighted by Gasteiger charge is 2.34. The monoisotopic (exact) mass is 255 g/mol. The first-order valence-corrected chi connectivity index (χ1v) is 7.43. The highest BCUT2D eigenvalue weighted by Crippen LogP contribution is 2.28. The van der Waals surface area contributed by atoms with Crippen molar-refractivity contribution in [1.82, 2.24) is 9.80 Å². The molecule has 1 heterocycles. The van der Waals surface area contributed by atoms with Crippen LogP contribution in [0.5, 0.6) is 0 Å². The molecule has 1 saturated heterocycles. The minimum absolute atomic E-state index is 0.237. The van der Waals surface area contributed by atoms with Crippen molar-refractivity contribution in [3.8, 4) is 0 Å². The van der Waals surface area contributed by atoms with Gasteiger partial charge in [0.2, 0.25) is 0 Å². The largest absolute Gasteiger partial charge is 0.326 e. The van der Waals surface area contributed by atoms with Crippen molar-refractivity contribution in [1.29, 1.82) is 0 Å². The van der Waals surface area contributed by atoms with Gasteiger partial charge in [0.1, 0.15) is 0 Å². The molecule has 0 spiro atoms. The molecule has 108 valence electrons. The lowest BCUT2D eigenvalue weighted by Crippen LogP contribution is -2.55. The molecule has 2 N–H and O–H groups in total. The Morgan fingerprint density at radius 1 is 1.39 bits per heavy atom. The van der Waals surface area contributed by atoms with E-state index in [2.05, 4.69) is 51.6 Å². The molecule has 3 heteroatoms. The van der Waals surface area contributed by atoms with Crippen LogP contribution in [0, 0.1) is 5.41 Å². The summed E-state index contributed by atoms with van der Waals surface area (Å²) in [5.41, 5.74) is 6.60. The summed E-state index contributed by atoms with van der Waals surface area (Å²) in [6, 6.07) is 1.43. The van der Waals surface area contributed by atoms with Crippen molar-refractivity contribution in [2.75, 3.05) is 27.2 Å². The van der Waals surface area contributed by atoms with Crippen LogP contribution in [-0.2, 0) is 0 Å². The lowest BCUT2D eigenvalue weighted by atomic mass is 9.80. The molecule has 0 amide bonds. The number of hydrogen-bond acceptors (Lipinski definition) is 3. The average Bonchev–Trinajstić information content (AvgIpc) is 2.62. The highest BCUT2D eigenvalue weighted by atomic mass is 15.2. The van der Waals surface area contributed by atoms with Gasteiger partial charge in [-0.3, -0.25) is 4.90 Å². The third-order valence-corrected chi connectivity index (χ3v) is 4.41. The lowest BCUT2D eigenvalue weighted by molar-refractivity contribution is 0.0792. The van der Waals surface area contributed by atoms with Crippen molar-refractivity contribution < 1.29 is 0 Å². The summed E-state index contributed by atoms with van der Waals surface area (Å²) in [6.45, 7) is 11.5. The zero-order valence-electron chi connectivity index (χ0n) is 13.2. The standard InChI is InChI=1S/C15H33N3/c1-7-13(16)14(15(2,3)4)18(6)11-12-9-8-10-17(12)5/h12-14H,7-11,16H2,1-6H3. The third kappa shape index (κ3) is 3.94. The maximum Gasteiger partial charge on any atom is 0.0293 e. The molecule has 18 heavy (non-hydrogen) atoms. The molecule has 3 unspecified atom stereocenters. The number of nitrogens with two attached hydrogens (primary N) is 1. The first-order valence-electron chi connectivity index (χ1n) is 7.43. The molecule has 1 rings (SSSR count). The van der Waals surface area contributed by atoms with Crippen molar-refractivity contribution >= 4 is 0 Å². The second-order valence-electron chi connectivity index (χ2n) is 7.10. The van der Waals surface area contributed by atoms with Crippen LogP contribution in [0.4, 0.5) is 0 Å². The van der Waals surface area contributed by atoms with E-state index in [-0.39, 0.29) is 11.5 Å². The Bertz CT molecular complexity index is 247. The van der Waals surface area contributed by atoms with Gasteiger partial charge in [0.25, 0.3) is 0 Å². The molecule has 3 nitrogen and oxygen atoms in total. The third-order valence-electron chi connectivity index (χ3n) is 4.41. The maximum atomic E-state index is 6.36. The predicted octanol–water partition coefficient (Wildman–Crippen LogP) is 2.16. The average molecular weight is 255 g/mol. The Hall–Kier alpha value is -0.120. The van der Waals surface area contributed by atoms with E-state index in [1.807, 2.05) is 0 Å². The van der Waals surface area contributed by atoms with E-state index in [0.717, 1.165) is 13.0 Å². The van der Waals surface area contributed by atoms with Gasteiger partial charge in [-0.25, -0.2) is 0 Å². The van der Waals surface area contributed by atoms with Gasteiger partial charge in [0.15, 0.2) is 0 Å². The second-order valence-corrected chi connectivity index (χ2v) is 7.10. The zero-order valence-corrected chi connectivity index (χ0v) is 13.2. The fraction of sp³-hybridized carbons (Fsp3) is 1.00. The summed E-state index contributed by atoms with van der Waals surface area (Å²) in [5.74, 6) is 0. The van der Waals surface area contributed by atoms with Crippen LogP contribution in [0.2, 0.25) is 0 Å². The normalized spacial score (nSPS) is 25.7. The maximum absolute atomic E-state index is 6.36. The van der Waals surface area contributed by atoms with E-state index in [1.165, 1.54) is 19.4 Å². The lowest BCUT2D eigenvalue weighted by Gasteiger charge is -2.43. The fourth-order valence-electron chi connectivity index (χ4n) is 3.51. The van der Waals surface area contributed by atoms with Crippen LogP contribution in [0.25, 0.3) is 0 Å². The molecule has 1 aliphatic rings. The number of likely N-dealkylation sites (tertiary alicyclic amines) is 1. The molecule has 0 radical (unpaired) electrons.